The number of nitrogens with one attached hydrogen (secondary N) is 2. The summed E-state index contributed by atoms with van der Waals surface area (Å²) in [5.41, 5.74) is 3.58. The highest BCUT2D eigenvalue weighted by molar-refractivity contribution is 7.18. The van der Waals surface area contributed by atoms with Crippen LogP contribution in [-0.4, -0.2) is 87.5 Å². The van der Waals surface area contributed by atoms with Crippen molar-refractivity contribution in [3.8, 4) is 6.07 Å². The van der Waals surface area contributed by atoms with Gasteiger partial charge in [0.15, 0.2) is 0 Å². The minimum absolute atomic E-state index is 0.121. The molecule has 4 aromatic rings. The molecule has 8 nitrogen and oxygen atoms in total. The number of aryl methyl sites for hydroxylation is 1. The number of likely N-dealkylation sites (tertiary alicyclic amines) is 1. The number of thiophene rings is 1. The number of alkyl halides is 6. The van der Waals surface area contributed by atoms with E-state index in [9.17, 15) is 31.6 Å². The molecule has 0 saturated carbocycles. The maximum Gasteiger partial charge on any atom is 0.405 e. The standard InChI is InChI=1S/C32H36F6N8S/c1-19(45-10-7-40-28(17-45)32(36,37)38)15-46-23(14-39)11-25-20(2)21(3-4-27(25)46)16-44-8-5-22(6-9-44)43-29-26-12-24(13-31(33,34)35)47-30(26)42-18-41-29/h3-4,11-12,18-19,22,28,40H,5-10,13,15-17H2,1-2H3,(H,41,42,43). The zero-order valence-electron chi connectivity index (χ0n) is 26.0. The summed E-state index contributed by atoms with van der Waals surface area (Å²) in [6.45, 7) is 7.35. The molecule has 5 heterocycles. The summed E-state index contributed by atoms with van der Waals surface area (Å²) in [7, 11) is 0. The molecule has 47 heavy (non-hydrogen) atoms. The Morgan fingerprint density at radius 1 is 1.09 bits per heavy atom. The summed E-state index contributed by atoms with van der Waals surface area (Å²) in [5, 5.41) is 17.5. The van der Waals surface area contributed by atoms with Gasteiger partial charge in [0, 0.05) is 73.7 Å². The minimum atomic E-state index is -4.31. The van der Waals surface area contributed by atoms with Crippen LogP contribution in [0.2, 0.25) is 0 Å². The van der Waals surface area contributed by atoms with Gasteiger partial charge in [-0.25, -0.2) is 9.97 Å². The molecule has 252 valence electrons. The van der Waals surface area contributed by atoms with E-state index >= 15 is 0 Å². The zero-order valence-corrected chi connectivity index (χ0v) is 26.9. The molecule has 6 rings (SSSR count). The Balaban J connectivity index is 1.09. The van der Waals surface area contributed by atoms with Crippen LogP contribution in [0.5, 0.6) is 0 Å². The molecule has 2 fully saturated rings. The van der Waals surface area contributed by atoms with Crippen molar-refractivity contribution in [1.29, 1.82) is 5.26 Å². The number of benzene rings is 1. The Hall–Kier alpha value is -3.45. The number of piperazine rings is 1. The van der Waals surface area contributed by atoms with E-state index in [0.29, 0.717) is 34.8 Å². The van der Waals surface area contributed by atoms with E-state index in [1.165, 1.54) is 12.4 Å². The summed E-state index contributed by atoms with van der Waals surface area (Å²) < 4.78 is 80.8. The maximum absolute atomic E-state index is 13.4. The number of aromatic nitrogens is 3. The number of rotatable bonds is 8. The average molecular weight is 679 g/mol. The smallest absolute Gasteiger partial charge is 0.367 e. The van der Waals surface area contributed by atoms with E-state index in [-0.39, 0.29) is 30.1 Å². The average Bonchev–Trinajstić information content (AvgIpc) is 3.59. The van der Waals surface area contributed by atoms with Gasteiger partial charge in [-0.15, -0.1) is 11.3 Å². The number of nitrogens with zero attached hydrogens (tertiary/aromatic N) is 6. The van der Waals surface area contributed by atoms with Crippen molar-refractivity contribution in [1.82, 2.24) is 29.7 Å². The highest BCUT2D eigenvalue weighted by Gasteiger charge is 2.42. The molecule has 2 saturated heterocycles. The quantitative estimate of drug-likeness (QED) is 0.214. The van der Waals surface area contributed by atoms with Gasteiger partial charge in [-0.05, 0) is 56.0 Å². The van der Waals surface area contributed by atoms with Gasteiger partial charge < -0.3 is 15.2 Å². The van der Waals surface area contributed by atoms with Gasteiger partial charge in [0.2, 0.25) is 0 Å². The molecule has 0 radical (unpaired) electrons. The van der Waals surface area contributed by atoms with Crippen LogP contribution in [0, 0.1) is 18.3 Å². The second-order valence-electron chi connectivity index (χ2n) is 12.6. The Kier molecular flexibility index (Phi) is 9.41. The second kappa shape index (κ2) is 13.2. The van der Waals surface area contributed by atoms with Crippen molar-refractivity contribution >= 4 is 38.3 Å². The van der Waals surface area contributed by atoms with Crippen molar-refractivity contribution in [3.63, 3.8) is 0 Å². The Bertz CT molecular complexity index is 1770. The fourth-order valence-electron chi connectivity index (χ4n) is 6.73. The van der Waals surface area contributed by atoms with Crippen LogP contribution in [-0.2, 0) is 19.5 Å². The highest BCUT2D eigenvalue weighted by atomic mass is 32.1. The number of hydrogen-bond donors (Lipinski definition) is 2. The molecule has 0 bridgehead atoms. The fraction of sp³-hybridized carbons (Fsp3) is 0.531. The van der Waals surface area contributed by atoms with Crippen LogP contribution in [0.15, 0.2) is 30.6 Å². The van der Waals surface area contributed by atoms with Crippen LogP contribution < -0.4 is 10.6 Å². The molecule has 15 heteroatoms. The Morgan fingerprint density at radius 3 is 2.55 bits per heavy atom. The van der Waals surface area contributed by atoms with Crippen LogP contribution in [0.4, 0.5) is 32.2 Å². The number of piperidine rings is 1. The largest absolute Gasteiger partial charge is 0.405 e. The third-order valence-corrected chi connectivity index (χ3v) is 10.4. The first-order chi connectivity index (χ1) is 22.3. The fourth-order valence-corrected chi connectivity index (χ4v) is 7.76. The lowest BCUT2D eigenvalue weighted by Crippen LogP contribution is -2.59. The number of anilines is 1. The number of hydrogen-bond acceptors (Lipinski definition) is 8. The van der Waals surface area contributed by atoms with Gasteiger partial charge in [-0.2, -0.15) is 31.6 Å². The monoisotopic (exact) mass is 678 g/mol. The lowest BCUT2D eigenvalue weighted by molar-refractivity contribution is -0.166. The first-order valence-electron chi connectivity index (χ1n) is 15.6. The van der Waals surface area contributed by atoms with Crippen LogP contribution >= 0.6 is 11.3 Å². The Morgan fingerprint density at radius 2 is 1.85 bits per heavy atom. The van der Waals surface area contributed by atoms with Gasteiger partial charge in [0.1, 0.15) is 34.8 Å². The molecule has 2 N–H and O–H groups in total. The zero-order chi connectivity index (χ0) is 33.5. The summed E-state index contributed by atoms with van der Waals surface area (Å²) in [6.07, 6.45) is -6.53. The second-order valence-corrected chi connectivity index (χ2v) is 13.7. The molecule has 2 aliphatic heterocycles. The predicted octanol–water partition coefficient (Wildman–Crippen LogP) is 6.23. The van der Waals surface area contributed by atoms with Crippen molar-refractivity contribution in [2.75, 3.05) is 38.0 Å². The van der Waals surface area contributed by atoms with Gasteiger partial charge >= 0.3 is 12.4 Å². The van der Waals surface area contributed by atoms with E-state index in [2.05, 4.69) is 37.6 Å². The van der Waals surface area contributed by atoms with Crippen LogP contribution in [0.25, 0.3) is 21.1 Å². The Labute approximate surface area is 272 Å². The van der Waals surface area contributed by atoms with Crippen molar-refractivity contribution < 1.29 is 26.3 Å². The van der Waals surface area contributed by atoms with Gasteiger partial charge in [-0.3, -0.25) is 9.80 Å². The van der Waals surface area contributed by atoms with Crippen molar-refractivity contribution in [3.05, 3.63) is 52.3 Å². The van der Waals surface area contributed by atoms with E-state index < -0.39 is 24.8 Å². The molecular weight excluding hydrogens is 642 g/mol. The van der Waals surface area contributed by atoms with E-state index in [4.69, 9.17) is 0 Å². The van der Waals surface area contributed by atoms with Gasteiger partial charge in [0.05, 0.1) is 11.8 Å². The molecule has 3 aromatic heterocycles. The topological polar surface area (TPSA) is 85.0 Å². The first kappa shape index (κ1) is 33.5. The summed E-state index contributed by atoms with van der Waals surface area (Å²) >= 11 is 1.04. The molecule has 0 amide bonds. The molecule has 2 aliphatic rings. The lowest BCUT2D eigenvalue weighted by Gasteiger charge is -2.38. The third-order valence-electron chi connectivity index (χ3n) is 9.33. The number of fused-ring (bicyclic) bond motifs is 2. The molecule has 1 aromatic carbocycles. The first-order valence-corrected chi connectivity index (χ1v) is 16.5. The van der Waals surface area contributed by atoms with Gasteiger partial charge in [0.25, 0.3) is 0 Å². The lowest BCUT2D eigenvalue weighted by atomic mass is 10.0. The predicted molar refractivity (Wildman–Crippen MR) is 169 cm³/mol. The van der Waals surface area contributed by atoms with Crippen molar-refractivity contribution in [2.24, 2.45) is 0 Å². The van der Waals surface area contributed by atoms with E-state index in [1.807, 2.05) is 35.4 Å². The summed E-state index contributed by atoms with van der Waals surface area (Å²) in [5.74, 6) is 0.559. The molecular formula is C32H36F6N8S. The SMILES string of the molecule is Cc1c(CN2CCC(Nc3ncnc4sc(CC(F)(F)F)cc34)CC2)ccc2c1cc(C#N)n2CC(C)N1CCNC(C(F)(F)F)C1. The maximum atomic E-state index is 13.4. The molecule has 2 atom stereocenters. The molecule has 0 aliphatic carbocycles. The van der Waals surface area contributed by atoms with Crippen molar-refractivity contribution in [2.45, 2.75) is 76.7 Å². The molecule has 0 spiro atoms. The minimum Gasteiger partial charge on any atom is -0.367 e. The number of halogens is 6. The normalized spacial score (nSPS) is 19.8. The van der Waals surface area contributed by atoms with Crippen LogP contribution in [0.3, 0.4) is 0 Å². The van der Waals surface area contributed by atoms with E-state index in [1.54, 1.807) is 0 Å². The summed E-state index contributed by atoms with van der Waals surface area (Å²) in [6, 6.07) is 8.12. The molecule has 2 unspecified atom stereocenters. The third kappa shape index (κ3) is 7.51. The number of nitriles is 1. The van der Waals surface area contributed by atoms with Gasteiger partial charge in [-0.1, -0.05) is 6.07 Å². The highest BCUT2D eigenvalue weighted by Crippen LogP contribution is 2.34. The van der Waals surface area contributed by atoms with E-state index in [0.717, 1.165) is 65.8 Å². The van der Waals surface area contributed by atoms with Crippen LogP contribution in [0.1, 0.15) is 41.5 Å². The summed E-state index contributed by atoms with van der Waals surface area (Å²) in [4.78, 5) is 13.4.